The molecule has 0 spiro atoms. The molecule has 0 aliphatic carbocycles. The van der Waals surface area contributed by atoms with E-state index in [4.69, 9.17) is 0 Å². The fourth-order valence-corrected chi connectivity index (χ4v) is 2.82. The summed E-state index contributed by atoms with van der Waals surface area (Å²) >= 11 is 0. The first-order chi connectivity index (χ1) is 12.4. The van der Waals surface area contributed by atoms with Crippen LogP contribution in [0.25, 0.3) is 11.3 Å². The van der Waals surface area contributed by atoms with Crippen LogP contribution in [0.3, 0.4) is 0 Å². The Bertz CT molecular complexity index is 852. The fourth-order valence-electron chi connectivity index (χ4n) is 2.82. The van der Waals surface area contributed by atoms with Gasteiger partial charge in [-0.25, -0.2) is 0 Å². The average molecular weight is 352 g/mol. The summed E-state index contributed by atoms with van der Waals surface area (Å²) in [5.74, 6) is -0.211. The van der Waals surface area contributed by atoms with E-state index in [0.29, 0.717) is 12.1 Å². The van der Waals surface area contributed by atoms with Crippen molar-refractivity contribution in [2.75, 3.05) is 6.61 Å². The van der Waals surface area contributed by atoms with E-state index in [1.54, 1.807) is 18.6 Å². The lowest BCUT2D eigenvalue weighted by Gasteiger charge is -2.30. The molecule has 2 aliphatic heterocycles. The molecular weight excluding hydrogens is 328 g/mol. The van der Waals surface area contributed by atoms with Gasteiger partial charge in [0.1, 0.15) is 0 Å². The molecule has 6 nitrogen and oxygen atoms in total. The number of aliphatic hydroxyl groups is 1. The first-order valence-electron chi connectivity index (χ1n) is 8.64. The van der Waals surface area contributed by atoms with Crippen molar-refractivity contribution in [3.05, 3.63) is 60.3 Å². The van der Waals surface area contributed by atoms with Crippen molar-refractivity contribution in [3.8, 4) is 11.3 Å². The van der Waals surface area contributed by atoms with Crippen LogP contribution in [0.15, 0.2) is 49.1 Å². The molecule has 0 saturated carbocycles. The van der Waals surface area contributed by atoms with Gasteiger partial charge in [-0.05, 0) is 23.6 Å². The second-order valence-electron chi connectivity index (χ2n) is 7.50. The summed E-state index contributed by atoms with van der Waals surface area (Å²) in [5, 5.41) is 12.5. The van der Waals surface area contributed by atoms with Gasteiger partial charge in [0, 0.05) is 24.2 Å². The highest BCUT2D eigenvalue weighted by Crippen LogP contribution is 2.24. The molecule has 136 valence electrons. The van der Waals surface area contributed by atoms with Crippen LogP contribution in [0.1, 0.15) is 36.8 Å². The van der Waals surface area contributed by atoms with E-state index in [0.717, 1.165) is 17.0 Å². The highest BCUT2D eigenvalue weighted by molar-refractivity contribution is 5.95. The maximum Gasteiger partial charge on any atom is 0.253 e. The third-order valence-electron chi connectivity index (χ3n) is 4.48. The normalized spacial score (nSPS) is 12.9. The average Bonchev–Trinajstić information content (AvgIpc) is 3.08. The number of aliphatic hydroxyl groups excluding tert-OH is 1. The first-order valence-corrected chi connectivity index (χ1v) is 8.64. The summed E-state index contributed by atoms with van der Waals surface area (Å²) in [6, 6.07) is 7.26. The standard InChI is InChI=1S/C20H24N4O2/c1-20(2,3)18(13-25)23-19(26)15-8-14-9-21-10-17(14)24(11-15)12-16-6-4-5-7-22-16/h4-11,18,25H,12-13H2,1-3H3,(H,23,26)/t18-/m1/s1. The van der Waals surface area contributed by atoms with Gasteiger partial charge in [0.05, 0.1) is 42.3 Å². The molecule has 1 aromatic heterocycles. The summed E-state index contributed by atoms with van der Waals surface area (Å²) < 4.78 is 1.98. The predicted octanol–water partition coefficient (Wildman–Crippen LogP) is 2.57. The molecule has 0 fully saturated rings. The summed E-state index contributed by atoms with van der Waals surface area (Å²) in [4.78, 5) is 21.3. The number of pyridine rings is 2. The second kappa shape index (κ2) is 7.25. The number of hydrogen-bond donors (Lipinski definition) is 2. The molecule has 6 heteroatoms. The lowest BCUT2D eigenvalue weighted by Crippen LogP contribution is -2.46. The number of rotatable bonds is 5. The van der Waals surface area contributed by atoms with E-state index in [-0.39, 0.29) is 24.0 Å². The smallest absolute Gasteiger partial charge is 0.253 e. The SMILES string of the molecule is CC(C)(C)[C@@H](CO)NC(=O)c1cc2cncc-2n(Cc2ccccn2)c1. The Morgan fingerprint density at radius 1 is 1.31 bits per heavy atom. The van der Waals surface area contributed by atoms with Crippen molar-refractivity contribution >= 4 is 5.91 Å². The molecule has 3 rings (SSSR count). The second-order valence-corrected chi connectivity index (χ2v) is 7.50. The van der Waals surface area contributed by atoms with Crippen LogP contribution in [0.4, 0.5) is 0 Å². The molecule has 2 N–H and O–H groups in total. The number of aromatic nitrogens is 3. The highest BCUT2D eigenvalue weighted by atomic mass is 16.3. The van der Waals surface area contributed by atoms with Gasteiger partial charge < -0.3 is 15.0 Å². The molecule has 1 amide bonds. The zero-order valence-electron chi connectivity index (χ0n) is 15.3. The van der Waals surface area contributed by atoms with Crippen LogP contribution < -0.4 is 5.32 Å². The molecule has 2 aliphatic rings. The van der Waals surface area contributed by atoms with Crippen LogP contribution in [-0.2, 0) is 6.54 Å². The molecular formula is C20H24N4O2. The summed E-state index contributed by atoms with van der Waals surface area (Å²) in [5.41, 5.74) is 3.04. The predicted molar refractivity (Wildman–Crippen MR) is 100.0 cm³/mol. The molecule has 1 aromatic rings. The van der Waals surface area contributed by atoms with Gasteiger partial charge in [0.25, 0.3) is 5.91 Å². The maximum absolute atomic E-state index is 12.8. The van der Waals surface area contributed by atoms with E-state index in [1.165, 1.54) is 0 Å². The quantitative estimate of drug-likeness (QED) is 0.740. The molecule has 1 atom stereocenters. The number of amides is 1. The maximum atomic E-state index is 12.8. The van der Waals surface area contributed by atoms with E-state index < -0.39 is 0 Å². The largest absolute Gasteiger partial charge is 0.394 e. The van der Waals surface area contributed by atoms with Gasteiger partial charge in [-0.1, -0.05) is 26.8 Å². The van der Waals surface area contributed by atoms with Gasteiger partial charge in [-0.3, -0.25) is 14.8 Å². The Labute approximate surface area is 153 Å². The Kier molecular flexibility index (Phi) is 5.04. The molecule has 26 heavy (non-hydrogen) atoms. The highest BCUT2D eigenvalue weighted by Gasteiger charge is 2.26. The fraction of sp³-hybridized carbons (Fsp3) is 0.350. The van der Waals surface area contributed by atoms with Gasteiger partial charge in [-0.2, -0.15) is 0 Å². The van der Waals surface area contributed by atoms with Crippen molar-refractivity contribution in [1.82, 2.24) is 19.9 Å². The lowest BCUT2D eigenvalue weighted by atomic mass is 9.87. The van der Waals surface area contributed by atoms with Gasteiger partial charge in [-0.15, -0.1) is 0 Å². The molecule has 0 saturated heterocycles. The third-order valence-corrected chi connectivity index (χ3v) is 4.48. The van der Waals surface area contributed by atoms with Gasteiger partial charge in [0.15, 0.2) is 0 Å². The van der Waals surface area contributed by atoms with Crippen molar-refractivity contribution in [1.29, 1.82) is 0 Å². The monoisotopic (exact) mass is 352 g/mol. The van der Waals surface area contributed by atoms with Crippen LogP contribution in [0.5, 0.6) is 0 Å². The van der Waals surface area contributed by atoms with Gasteiger partial charge >= 0.3 is 0 Å². The zero-order valence-corrected chi connectivity index (χ0v) is 15.3. The summed E-state index contributed by atoms with van der Waals surface area (Å²) in [6.45, 7) is 6.40. The van der Waals surface area contributed by atoms with Crippen LogP contribution in [0.2, 0.25) is 0 Å². The van der Waals surface area contributed by atoms with Crippen molar-refractivity contribution < 1.29 is 9.90 Å². The van der Waals surface area contributed by atoms with E-state index in [2.05, 4.69) is 15.3 Å². The molecule has 0 radical (unpaired) electrons. The van der Waals surface area contributed by atoms with Crippen LogP contribution >= 0.6 is 0 Å². The Morgan fingerprint density at radius 2 is 2.12 bits per heavy atom. The molecule has 0 unspecified atom stereocenters. The topological polar surface area (TPSA) is 80.0 Å². The Morgan fingerprint density at radius 3 is 2.77 bits per heavy atom. The minimum Gasteiger partial charge on any atom is -0.394 e. The Balaban J connectivity index is 1.91. The molecule has 0 bridgehead atoms. The summed E-state index contributed by atoms with van der Waals surface area (Å²) in [7, 11) is 0. The lowest BCUT2D eigenvalue weighted by molar-refractivity contribution is 0.0847. The number of carbonyl (C=O) groups excluding carboxylic acids is 1. The minimum absolute atomic E-state index is 0.108. The summed E-state index contributed by atoms with van der Waals surface area (Å²) in [6.07, 6.45) is 7.09. The minimum atomic E-state index is -0.326. The van der Waals surface area contributed by atoms with Crippen molar-refractivity contribution in [3.63, 3.8) is 0 Å². The number of hydrogen-bond acceptors (Lipinski definition) is 4. The Hall–Kier alpha value is -2.73. The molecule has 3 heterocycles. The number of nitrogens with zero attached hydrogens (tertiary/aromatic N) is 3. The first kappa shape index (κ1) is 18.1. The van der Waals surface area contributed by atoms with Crippen molar-refractivity contribution in [2.24, 2.45) is 5.41 Å². The molecule has 0 aromatic carbocycles. The number of nitrogens with one attached hydrogen (secondary N) is 1. The number of carbonyl (C=O) groups is 1. The zero-order chi connectivity index (χ0) is 18.7. The van der Waals surface area contributed by atoms with E-state index in [9.17, 15) is 9.90 Å². The van der Waals surface area contributed by atoms with E-state index >= 15 is 0 Å². The third kappa shape index (κ3) is 3.91. The van der Waals surface area contributed by atoms with Crippen LogP contribution in [-0.4, -0.2) is 38.2 Å². The van der Waals surface area contributed by atoms with Gasteiger partial charge in [0.2, 0.25) is 0 Å². The van der Waals surface area contributed by atoms with Crippen LogP contribution in [0, 0.1) is 5.41 Å². The number of fused-ring (bicyclic) bond motifs is 1. The van der Waals surface area contributed by atoms with Crippen molar-refractivity contribution in [2.45, 2.75) is 33.4 Å². The van der Waals surface area contributed by atoms with E-state index in [1.807, 2.05) is 55.8 Å².